The van der Waals surface area contributed by atoms with Gasteiger partial charge in [0.05, 0.1) is 16.9 Å². The standard InChI is InChI=1S/C17H9BF8NO/c19-16(20,21)12-5-1-10(2-6-12)14-9-15(28-18(25,26)27-14)11-3-7-13(8-4-11)17(22,23)24/h1-9H/q-1. The van der Waals surface area contributed by atoms with Crippen LogP contribution in [0, 0.1) is 0 Å². The number of nitrogens with zero attached hydrogens (tertiary/aromatic N) is 1. The van der Waals surface area contributed by atoms with Gasteiger partial charge < -0.3 is 18.2 Å². The van der Waals surface area contributed by atoms with E-state index in [-0.39, 0.29) is 16.8 Å². The van der Waals surface area contributed by atoms with Crippen molar-refractivity contribution in [2.75, 3.05) is 0 Å². The van der Waals surface area contributed by atoms with Crippen molar-refractivity contribution in [3.63, 3.8) is 0 Å². The van der Waals surface area contributed by atoms with Crippen molar-refractivity contribution in [2.45, 2.75) is 12.4 Å². The van der Waals surface area contributed by atoms with Crippen LogP contribution in [0.25, 0.3) is 5.76 Å². The van der Waals surface area contributed by atoms with Gasteiger partial charge in [-0.3, -0.25) is 0 Å². The van der Waals surface area contributed by atoms with Crippen LogP contribution in [-0.2, 0) is 17.0 Å². The zero-order valence-electron chi connectivity index (χ0n) is 13.7. The van der Waals surface area contributed by atoms with Crippen LogP contribution in [0.3, 0.4) is 0 Å². The van der Waals surface area contributed by atoms with Gasteiger partial charge in [-0.25, -0.2) is 0 Å². The Balaban J connectivity index is 1.96. The largest absolute Gasteiger partial charge is 0.643 e. The number of hydrogen-bond acceptors (Lipinski definition) is 2. The topological polar surface area (TPSA) is 21.6 Å². The second-order valence-corrected chi connectivity index (χ2v) is 5.85. The minimum atomic E-state index is -4.74. The van der Waals surface area contributed by atoms with Gasteiger partial charge in [0.1, 0.15) is 0 Å². The molecule has 1 heterocycles. The van der Waals surface area contributed by atoms with E-state index in [1.165, 1.54) is 0 Å². The summed E-state index contributed by atoms with van der Waals surface area (Å²) in [7, 11) is -4.74. The molecule has 0 spiro atoms. The molecule has 0 saturated heterocycles. The summed E-state index contributed by atoms with van der Waals surface area (Å²) in [6.45, 7) is 0. The van der Waals surface area contributed by atoms with Gasteiger partial charge in [-0.2, -0.15) is 26.3 Å². The van der Waals surface area contributed by atoms with Crippen LogP contribution >= 0.6 is 0 Å². The summed E-state index contributed by atoms with van der Waals surface area (Å²) in [4.78, 5) is 3.09. The molecule has 3 rings (SSSR count). The maximum Gasteiger partial charge on any atom is 0.638 e. The number of hydrogen-bond donors (Lipinski definition) is 0. The molecule has 1 aliphatic heterocycles. The summed E-state index contributed by atoms with van der Waals surface area (Å²) in [5.74, 6) is -0.441. The van der Waals surface area contributed by atoms with Crippen molar-refractivity contribution < 1.29 is 39.6 Å². The van der Waals surface area contributed by atoms with Crippen molar-refractivity contribution in [3.05, 3.63) is 76.9 Å². The van der Waals surface area contributed by atoms with E-state index >= 15 is 0 Å². The number of allylic oxidation sites excluding steroid dienone is 1. The lowest BCUT2D eigenvalue weighted by atomic mass is 9.97. The first-order valence-corrected chi connectivity index (χ1v) is 7.71. The highest BCUT2D eigenvalue weighted by Gasteiger charge is 2.34. The maximum absolute atomic E-state index is 13.9. The number of halogens is 8. The summed E-state index contributed by atoms with van der Waals surface area (Å²) in [6, 6.07) is 6.68. The molecule has 2 aromatic carbocycles. The van der Waals surface area contributed by atoms with E-state index in [0.717, 1.165) is 30.3 Å². The van der Waals surface area contributed by atoms with E-state index in [4.69, 9.17) is 0 Å². The fraction of sp³-hybridized carbons (Fsp3) is 0.118. The molecule has 11 heteroatoms. The number of rotatable bonds is 2. The van der Waals surface area contributed by atoms with Crippen LogP contribution in [0.2, 0.25) is 0 Å². The Labute approximate surface area is 153 Å². The third-order valence-electron chi connectivity index (χ3n) is 3.83. The minimum Gasteiger partial charge on any atom is -0.643 e. The number of benzene rings is 2. The monoisotopic (exact) mass is 406 g/mol. The molecule has 2 aromatic rings. The van der Waals surface area contributed by atoms with Crippen molar-refractivity contribution in [1.29, 1.82) is 0 Å². The Morgan fingerprint density at radius 1 is 0.679 bits per heavy atom. The SMILES string of the molecule is F[B-]1(F)N=C(c2ccc(C(F)(F)F)cc2)C=C(c2ccc(C(F)(F)F)cc2)O1. The molecule has 0 fully saturated rings. The van der Waals surface area contributed by atoms with Gasteiger partial charge in [0, 0.05) is 11.3 Å². The summed E-state index contributed by atoms with van der Waals surface area (Å²) >= 11 is 0. The number of alkyl halides is 6. The summed E-state index contributed by atoms with van der Waals surface area (Å²) in [5, 5.41) is 0. The average molecular weight is 406 g/mol. The molecule has 0 radical (unpaired) electrons. The minimum absolute atomic E-state index is 0.0257. The van der Waals surface area contributed by atoms with Crippen molar-refractivity contribution in [2.24, 2.45) is 4.90 Å². The second kappa shape index (κ2) is 6.64. The molecule has 0 N–H and O–H groups in total. The predicted octanol–water partition coefficient (Wildman–Crippen LogP) is 5.96. The Morgan fingerprint density at radius 3 is 1.54 bits per heavy atom. The molecule has 1 aliphatic rings. The maximum atomic E-state index is 13.9. The Morgan fingerprint density at radius 2 is 1.11 bits per heavy atom. The second-order valence-electron chi connectivity index (χ2n) is 5.85. The molecule has 0 bridgehead atoms. The zero-order chi connectivity index (χ0) is 20.7. The quantitative estimate of drug-likeness (QED) is 0.446. The summed E-state index contributed by atoms with van der Waals surface area (Å²) in [6.07, 6.45) is -8.16. The molecule has 0 atom stereocenters. The van der Waals surface area contributed by atoms with Gasteiger partial charge in [0.25, 0.3) is 0 Å². The van der Waals surface area contributed by atoms with E-state index in [0.29, 0.717) is 24.3 Å². The zero-order valence-corrected chi connectivity index (χ0v) is 13.7. The highest BCUT2D eigenvalue weighted by atomic mass is 19.4. The normalized spacial score (nSPS) is 16.9. The molecular formula is C17H9BF8NO-. The third-order valence-corrected chi connectivity index (χ3v) is 3.83. The fourth-order valence-electron chi connectivity index (χ4n) is 2.50. The van der Waals surface area contributed by atoms with E-state index in [1.54, 1.807) is 0 Å². The van der Waals surface area contributed by atoms with Crippen molar-refractivity contribution in [3.8, 4) is 0 Å². The van der Waals surface area contributed by atoms with Crippen molar-refractivity contribution >= 4 is 18.5 Å². The fourth-order valence-corrected chi connectivity index (χ4v) is 2.50. The van der Waals surface area contributed by atoms with Crippen LogP contribution in [0.5, 0.6) is 0 Å². The van der Waals surface area contributed by atoms with Crippen LogP contribution in [-0.4, -0.2) is 12.7 Å². The van der Waals surface area contributed by atoms with Crippen LogP contribution < -0.4 is 0 Å². The van der Waals surface area contributed by atoms with E-state index in [1.807, 2.05) is 0 Å². The van der Waals surface area contributed by atoms with Crippen LogP contribution in [0.15, 0.2) is 59.5 Å². The van der Waals surface area contributed by atoms with Gasteiger partial charge in [-0.05, 0) is 35.9 Å². The lowest BCUT2D eigenvalue weighted by Crippen LogP contribution is -2.30. The molecule has 0 amide bonds. The smallest absolute Gasteiger partial charge is 0.638 e. The summed E-state index contributed by atoms with van der Waals surface area (Å²) < 4.78 is 108. The Bertz CT molecular complexity index is 928. The van der Waals surface area contributed by atoms with Gasteiger partial charge >= 0.3 is 19.4 Å². The lowest BCUT2D eigenvalue weighted by molar-refractivity contribution is -0.138. The van der Waals surface area contributed by atoms with Crippen LogP contribution in [0.1, 0.15) is 22.3 Å². The molecular weight excluding hydrogens is 397 g/mol. The van der Waals surface area contributed by atoms with Crippen molar-refractivity contribution in [1.82, 2.24) is 0 Å². The van der Waals surface area contributed by atoms with E-state index in [9.17, 15) is 35.0 Å². The van der Waals surface area contributed by atoms with E-state index < -0.39 is 36.3 Å². The van der Waals surface area contributed by atoms with Gasteiger partial charge in [0.2, 0.25) is 0 Å². The van der Waals surface area contributed by atoms with Gasteiger partial charge in [0.15, 0.2) is 0 Å². The lowest BCUT2D eigenvalue weighted by Gasteiger charge is -2.30. The first-order valence-electron chi connectivity index (χ1n) is 7.71. The third kappa shape index (κ3) is 4.34. The molecule has 148 valence electrons. The molecule has 2 nitrogen and oxygen atoms in total. The molecule has 0 saturated carbocycles. The highest BCUT2D eigenvalue weighted by molar-refractivity contribution is 6.61. The average Bonchev–Trinajstić information content (AvgIpc) is 2.59. The first-order chi connectivity index (χ1) is 12.9. The van der Waals surface area contributed by atoms with Gasteiger partial charge in [-0.15, -0.1) is 0 Å². The van der Waals surface area contributed by atoms with Gasteiger partial charge in [-0.1, -0.05) is 24.3 Å². The highest BCUT2D eigenvalue weighted by Crippen LogP contribution is 2.34. The Hall–Kier alpha value is -2.85. The predicted molar refractivity (Wildman–Crippen MR) is 86.5 cm³/mol. The van der Waals surface area contributed by atoms with Crippen LogP contribution in [0.4, 0.5) is 35.0 Å². The molecule has 0 unspecified atom stereocenters. The Kier molecular flexibility index (Phi) is 4.72. The molecule has 0 aliphatic carbocycles. The molecule has 28 heavy (non-hydrogen) atoms. The first kappa shape index (κ1) is 19.9. The molecule has 0 aromatic heterocycles. The summed E-state index contributed by atoms with van der Waals surface area (Å²) in [5.41, 5.74) is -2.37. The van der Waals surface area contributed by atoms with E-state index in [2.05, 4.69) is 9.56 Å².